The molecule has 2 N–H and O–H groups in total. The molecule has 0 radical (unpaired) electrons. The molecule has 1 rings (SSSR count). The van der Waals surface area contributed by atoms with E-state index in [1.165, 1.54) is 0 Å². The molecule has 1 amide bonds. The van der Waals surface area contributed by atoms with E-state index in [4.69, 9.17) is 0 Å². The lowest BCUT2D eigenvalue weighted by Crippen LogP contribution is -2.30. The highest BCUT2D eigenvalue weighted by molar-refractivity contribution is 5.96. The molecule has 0 saturated carbocycles. The molecule has 17 heavy (non-hydrogen) atoms. The van der Waals surface area contributed by atoms with E-state index in [1.807, 2.05) is 39.0 Å². The van der Waals surface area contributed by atoms with Crippen molar-refractivity contribution in [1.82, 2.24) is 5.32 Å². The lowest BCUT2D eigenvalue weighted by Gasteiger charge is -2.12. The van der Waals surface area contributed by atoms with Crippen LogP contribution in [0.1, 0.15) is 43.1 Å². The van der Waals surface area contributed by atoms with Gasteiger partial charge in [0, 0.05) is 23.8 Å². The monoisotopic (exact) mass is 234 g/mol. The minimum absolute atomic E-state index is 0.000425. The fourth-order valence-corrected chi connectivity index (χ4v) is 1.64. The summed E-state index contributed by atoms with van der Waals surface area (Å²) in [5.74, 6) is -0.000425. The molecule has 0 spiro atoms. The lowest BCUT2D eigenvalue weighted by atomic mass is 10.1. The summed E-state index contributed by atoms with van der Waals surface area (Å²) in [6, 6.07) is 6.02. The Morgan fingerprint density at radius 1 is 1.35 bits per heavy atom. The Labute approximate surface area is 104 Å². The number of nitrogens with one attached hydrogen (secondary N) is 2. The normalized spacial score (nSPS) is 10.4. The van der Waals surface area contributed by atoms with Crippen LogP contribution >= 0.6 is 0 Å². The first-order chi connectivity index (χ1) is 8.04. The van der Waals surface area contributed by atoms with E-state index in [-0.39, 0.29) is 11.9 Å². The smallest absolute Gasteiger partial charge is 0.251 e. The van der Waals surface area contributed by atoms with Crippen molar-refractivity contribution in [1.29, 1.82) is 0 Å². The van der Waals surface area contributed by atoms with Crippen LogP contribution in [0.15, 0.2) is 18.2 Å². The van der Waals surface area contributed by atoms with Gasteiger partial charge in [0.1, 0.15) is 0 Å². The van der Waals surface area contributed by atoms with Gasteiger partial charge in [0.05, 0.1) is 0 Å². The van der Waals surface area contributed by atoms with Gasteiger partial charge in [-0.05, 0) is 51.0 Å². The van der Waals surface area contributed by atoms with Gasteiger partial charge >= 0.3 is 0 Å². The summed E-state index contributed by atoms with van der Waals surface area (Å²) in [6.45, 7) is 8.97. The summed E-state index contributed by atoms with van der Waals surface area (Å²) in [6.07, 6.45) is 1.09. The van der Waals surface area contributed by atoms with Gasteiger partial charge in [0.25, 0.3) is 5.91 Å². The fraction of sp³-hybridized carbons (Fsp3) is 0.500. The standard InChI is InChI=1S/C14H22N2O/c1-5-8-15-12-6-7-13(11(4)9-12)14(17)16-10(2)3/h6-7,9-10,15H,5,8H2,1-4H3,(H,16,17). The summed E-state index contributed by atoms with van der Waals surface area (Å²) in [4.78, 5) is 11.9. The number of carbonyl (C=O) groups excluding carboxylic acids is 1. The number of aryl methyl sites for hydroxylation is 1. The molecular weight excluding hydrogens is 212 g/mol. The zero-order valence-electron chi connectivity index (χ0n) is 11.1. The molecule has 0 unspecified atom stereocenters. The van der Waals surface area contributed by atoms with Gasteiger partial charge in [0.15, 0.2) is 0 Å². The largest absolute Gasteiger partial charge is 0.385 e. The average Bonchev–Trinajstić information content (AvgIpc) is 2.25. The van der Waals surface area contributed by atoms with Crippen molar-refractivity contribution in [3.8, 4) is 0 Å². The molecule has 0 fully saturated rings. The van der Waals surface area contributed by atoms with Crippen molar-refractivity contribution in [2.24, 2.45) is 0 Å². The third-order valence-electron chi connectivity index (χ3n) is 2.47. The van der Waals surface area contributed by atoms with Crippen LogP contribution in [-0.4, -0.2) is 18.5 Å². The first kappa shape index (κ1) is 13.6. The molecule has 0 saturated heterocycles. The average molecular weight is 234 g/mol. The van der Waals surface area contributed by atoms with Crippen LogP contribution in [0.4, 0.5) is 5.69 Å². The first-order valence-electron chi connectivity index (χ1n) is 6.20. The molecule has 0 aromatic heterocycles. The Hall–Kier alpha value is -1.51. The van der Waals surface area contributed by atoms with Gasteiger partial charge in [-0.25, -0.2) is 0 Å². The maximum Gasteiger partial charge on any atom is 0.251 e. The van der Waals surface area contributed by atoms with Gasteiger partial charge in [-0.15, -0.1) is 0 Å². The summed E-state index contributed by atoms with van der Waals surface area (Å²) < 4.78 is 0. The molecule has 0 aliphatic rings. The Morgan fingerprint density at radius 2 is 2.06 bits per heavy atom. The highest BCUT2D eigenvalue weighted by Crippen LogP contribution is 2.15. The van der Waals surface area contributed by atoms with Gasteiger partial charge in [-0.3, -0.25) is 4.79 Å². The maximum atomic E-state index is 11.9. The molecule has 0 aliphatic heterocycles. The van der Waals surface area contributed by atoms with E-state index < -0.39 is 0 Å². The third kappa shape index (κ3) is 4.10. The molecule has 3 heteroatoms. The summed E-state index contributed by atoms with van der Waals surface area (Å²) in [7, 11) is 0. The van der Waals surface area contributed by atoms with E-state index in [9.17, 15) is 4.79 Å². The highest BCUT2D eigenvalue weighted by atomic mass is 16.1. The van der Waals surface area contributed by atoms with Crippen molar-refractivity contribution in [3.63, 3.8) is 0 Å². The summed E-state index contributed by atoms with van der Waals surface area (Å²) in [5, 5.41) is 6.21. The lowest BCUT2D eigenvalue weighted by molar-refractivity contribution is 0.0942. The highest BCUT2D eigenvalue weighted by Gasteiger charge is 2.09. The molecule has 0 atom stereocenters. The summed E-state index contributed by atoms with van der Waals surface area (Å²) >= 11 is 0. The summed E-state index contributed by atoms with van der Waals surface area (Å²) in [5.41, 5.74) is 2.83. The molecule has 0 heterocycles. The van der Waals surface area contributed by atoms with Gasteiger partial charge < -0.3 is 10.6 Å². The number of carbonyl (C=O) groups is 1. The van der Waals surface area contributed by atoms with Gasteiger partial charge in [-0.2, -0.15) is 0 Å². The van der Waals surface area contributed by atoms with Crippen molar-refractivity contribution in [3.05, 3.63) is 29.3 Å². The Morgan fingerprint density at radius 3 is 2.59 bits per heavy atom. The van der Waals surface area contributed by atoms with Crippen LogP contribution in [0.5, 0.6) is 0 Å². The van der Waals surface area contributed by atoms with E-state index in [0.717, 1.165) is 29.8 Å². The van der Waals surface area contributed by atoms with Crippen LogP contribution in [0.2, 0.25) is 0 Å². The number of anilines is 1. The van der Waals surface area contributed by atoms with Crippen LogP contribution < -0.4 is 10.6 Å². The Balaban J connectivity index is 2.78. The SMILES string of the molecule is CCCNc1ccc(C(=O)NC(C)C)c(C)c1. The van der Waals surface area contributed by atoms with Gasteiger partial charge in [-0.1, -0.05) is 6.92 Å². The van der Waals surface area contributed by atoms with Crippen molar-refractivity contribution < 1.29 is 4.79 Å². The molecular formula is C14H22N2O. The quantitative estimate of drug-likeness (QED) is 0.822. The van der Waals surface area contributed by atoms with Crippen LogP contribution in [-0.2, 0) is 0 Å². The van der Waals surface area contributed by atoms with E-state index >= 15 is 0 Å². The van der Waals surface area contributed by atoms with Crippen LogP contribution in [0.3, 0.4) is 0 Å². The van der Waals surface area contributed by atoms with Crippen molar-refractivity contribution >= 4 is 11.6 Å². The number of amides is 1. The van der Waals surface area contributed by atoms with E-state index in [2.05, 4.69) is 17.6 Å². The molecule has 0 aliphatic carbocycles. The third-order valence-corrected chi connectivity index (χ3v) is 2.47. The van der Waals surface area contributed by atoms with Gasteiger partial charge in [0.2, 0.25) is 0 Å². The minimum atomic E-state index is -0.000425. The van der Waals surface area contributed by atoms with Crippen LogP contribution in [0, 0.1) is 6.92 Å². The predicted molar refractivity (Wildman–Crippen MR) is 72.6 cm³/mol. The second-order valence-electron chi connectivity index (χ2n) is 4.58. The topological polar surface area (TPSA) is 41.1 Å². The van der Waals surface area contributed by atoms with E-state index in [0.29, 0.717) is 0 Å². The van der Waals surface area contributed by atoms with Crippen molar-refractivity contribution in [2.45, 2.75) is 40.2 Å². The molecule has 0 bridgehead atoms. The number of hydrogen-bond donors (Lipinski definition) is 2. The number of hydrogen-bond acceptors (Lipinski definition) is 2. The number of benzene rings is 1. The van der Waals surface area contributed by atoms with E-state index in [1.54, 1.807) is 0 Å². The van der Waals surface area contributed by atoms with Crippen LogP contribution in [0.25, 0.3) is 0 Å². The molecule has 1 aromatic rings. The zero-order valence-corrected chi connectivity index (χ0v) is 11.1. The first-order valence-corrected chi connectivity index (χ1v) is 6.20. The Kier molecular flexibility index (Phi) is 5.01. The Bertz CT molecular complexity index is 386. The second kappa shape index (κ2) is 6.28. The fourth-order valence-electron chi connectivity index (χ4n) is 1.64. The van der Waals surface area contributed by atoms with Crippen molar-refractivity contribution in [2.75, 3.05) is 11.9 Å². The maximum absolute atomic E-state index is 11.9. The zero-order chi connectivity index (χ0) is 12.8. The number of rotatable bonds is 5. The molecule has 1 aromatic carbocycles. The predicted octanol–water partition coefficient (Wildman–Crippen LogP) is 2.96. The second-order valence-corrected chi connectivity index (χ2v) is 4.58. The minimum Gasteiger partial charge on any atom is -0.385 e. The molecule has 3 nitrogen and oxygen atoms in total. The molecule has 94 valence electrons.